The van der Waals surface area contributed by atoms with Crippen LogP contribution in [0.1, 0.15) is 23.5 Å². The fourth-order valence-corrected chi connectivity index (χ4v) is 2.10. The van der Waals surface area contributed by atoms with Crippen molar-refractivity contribution in [1.29, 1.82) is 0 Å². The summed E-state index contributed by atoms with van der Waals surface area (Å²) in [5.74, 6) is 0.620. The van der Waals surface area contributed by atoms with Gasteiger partial charge in [0.05, 0.1) is 5.76 Å². The highest BCUT2D eigenvalue weighted by molar-refractivity contribution is 5.39. The standard InChI is InChI=1S/C13H14O/c1-2-5-13(14)12-9-8-10-6-3-4-7-11(10)12/h2-7,12,14H,1,8-9H2. The van der Waals surface area contributed by atoms with E-state index in [2.05, 4.69) is 24.8 Å². The molecule has 72 valence electrons. The van der Waals surface area contributed by atoms with Crippen molar-refractivity contribution in [2.75, 3.05) is 0 Å². The minimum absolute atomic E-state index is 0.184. The van der Waals surface area contributed by atoms with Gasteiger partial charge in [-0.15, -0.1) is 0 Å². The molecule has 1 atom stereocenters. The maximum Gasteiger partial charge on any atom is 0.0997 e. The molecular formula is C13H14O. The van der Waals surface area contributed by atoms with E-state index in [4.69, 9.17) is 0 Å². The van der Waals surface area contributed by atoms with Gasteiger partial charge in [0.2, 0.25) is 0 Å². The summed E-state index contributed by atoms with van der Waals surface area (Å²) in [7, 11) is 0. The highest BCUT2D eigenvalue weighted by Crippen LogP contribution is 2.36. The first kappa shape index (κ1) is 9.07. The number of aliphatic hydroxyl groups is 1. The topological polar surface area (TPSA) is 20.2 Å². The largest absolute Gasteiger partial charge is 0.512 e. The molecule has 1 aliphatic carbocycles. The second kappa shape index (κ2) is 3.70. The van der Waals surface area contributed by atoms with Gasteiger partial charge in [0.15, 0.2) is 0 Å². The van der Waals surface area contributed by atoms with Crippen LogP contribution in [0.2, 0.25) is 0 Å². The van der Waals surface area contributed by atoms with Crippen LogP contribution in [0, 0.1) is 0 Å². The predicted octanol–water partition coefficient (Wildman–Crippen LogP) is 3.34. The molecule has 1 aromatic carbocycles. The third-order valence-electron chi connectivity index (χ3n) is 2.78. The summed E-state index contributed by atoms with van der Waals surface area (Å²) >= 11 is 0. The van der Waals surface area contributed by atoms with Gasteiger partial charge in [0.25, 0.3) is 0 Å². The summed E-state index contributed by atoms with van der Waals surface area (Å²) < 4.78 is 0. The fraction of sp³-hybridized carbons (Fsp3) is 0.231. The van der Waals surface area contributed by atoms with E-state index < -0.39 is 0 Å². The average molecular weight is 186 g/mol. The molecule has 0 aromatic heterocycles. The fourth-order valence-electron chi connectivity index (χ4n) is 2.10. The summed E-state index contributed by atoms with van der Waals surface area (Å²) in [6, 6.07) is 8.31. The Morgan fingerprint density at radius 3 is 3.00 bits per heavy atom. The Balaban J connectivity index is 2.34. The molecule has 0 fully saturated rings. The normalized spacial score (nSPS) is 20.6. The van der Waals surface area contributed by atoms with Crippen molar-refractivity contribution in [3.05, 3.63) is 59.9 Å². The number of hydrogen-bond acceptors (Lipinski definition) is 1. The van der Waals surface area contributed by atoms with Gasteiger partial charge >= 0.3 is 0 Å². The summed E-state index contributed by atoms with van der Waals surface area (Å²) in [5, 5.41) is 9.79. The summed E-state index contributed by atoms with van der Waals surface area (Å²) in [6.45, 7) is 3.59. The zero-order valence-corrected chi connectivity index (χ0v) is 8.11. The smallest absolute Gasteiger partial charge is 0.0997 e. The van der Waals surface area contributed by atoms with Crippen molar-refractivity contribution < 1.29 is 5.11 Å². The Kier molecular flexibility index (Phi) is 2.40. The molecule has 0 amide bonds. The molecule has 2 rings (SSSR count). The van der Waals surface area contributed by atoms with Crippen molar-refractivity contribution >= 4 is 0 Å². The van der Waals surface area contributed by atoms with Crippen molar-refractivity contribution in [2.45, 2.75) is 18.8 Å². The van der Waals surface area contributed by atoms with Gasteiger partial charge < -0.3 is 5.11 Å². The SMILES string of the molecule is C=CC=C(O)C1CCc2ccccc21. The molecule has 0 saturated carbocycles. The number of aryl methyl sites for hydroxylation is 1. The lowest BCUT2D eigenvalue weighted by Crippen LogP contribution is -1.96. The minimum atomic E-state index is 0.184. The van der Waals surface area contributed by atoms with Crippen molar-refractivity contribution in [3.8, 4) is 0 Å². The lowest BCUT2D eigenvalue weighted by Gasteiger charge is -2.09. The van der Waals surface area contributed by atoms with Gasteiger partial charge in [0, 0.05) is 5.92 Å². The molecule has 1 unspecified atom stereocenters. The van der Waals surface area contributed by atoms with E-state index in [1.165, 1.54) is 11.1 Å². The summed E-state index contributed by atoms with van der Waals surface area (Å²) in [5.41, 5.74) is 2.63. The van der Waals surface area contributed by atoms with Crippen molar-refractivity contribution in [1.82, 2.24) is 0 Å². The number of fused-ring (bicyclic) bond motifs is 1. The van der Waals surface area contributed by atoms with E-state index in [1.54, 1.807) is 12.2 Å². The Morgan fingerprint density at radius 2 is 2.21 bits per heavy atom. The van der Waals surface area contributed by atoms with E-state index in [-0.39, 0.29) is 5.92 Å². The van der Waals surface area contributed by atoms with Crippen LogP contribution in [0.4, 0.5) is 0 Å². The third kappa shape index (κ3) is 1.46. The number of aliphatic hydroxyl groups excluding tert-OH is 1. The molecule has 0 radical (unpaired) electrons. The van der Waals surface area contributed by atoms with Crippen LogP contribution < -0.4 is 0 Å². The zero-order chi connectivity index (χ0) is 9.97. The molecular weight excluding hydrogens is 172 g/mol. The Bertz CT molecular complexity index is 377. The monoisotopic (exact) mass is 186 g/mol. The second-order valence-corrected chi connectivity index (χ2v) is 3.62. The van der Waals surface area contributed by atoms with E-state index in [1.807, 2.05) is 6.07 Å². The molecule has 0 saturated heterocycles. The van der Waals surface area contributed by atoms with Crippen molar-refractivity contribution in [2.24, 2.45) is 0 Å². The summed E-state index contributed by atoms with van der Waals surface area (Å²) in [6.07, 6.45) is 5.40. The van der Waals surface area contributed by atoms with Gasteiger partial charge in [-0.1, -0.05) is 36.9 Å². The van der Waals surface area contributed by atoms with Gasteiger partial charge in [-0.05, 0) is 30.0 Å². The molecule has 14 heavy (non-hydrogen) atoms. The molecule has 1 aliphatic rings. The van der Waals surface area contributed by atoms with Gasteiger partial charge in [0.1, 0.15) is 0 Å². The van der Waals surface area contributed by atoms with Crippen LogP contribution >= 0.6 is 0 Å². The number of hydrogen-bond donors (Lipinski definition) is 1. The maximum absolute atomic E-state index is 9.79. The average Bonchev–Trinajstić information content (AvgIpc) is 2.61. The zero-order valence-electron chi connectivity index (χ0n) is 8.11. The van der Waals surface area contributed by atoms with Crippen molar-refractivity contribution in [3.63, 3.8) is 0 Å². The number of rotatable bonds is 2. The molecule has 1 N–H and O–H groups in total. The Labute approximate surface area is 84.4 Å². The quantitative estimate of drug-likeness (QED) is 0.554. The molecule has 0 aliphatic heterocycles. The van der Waals surface area contributed by atoms with Gasteiger partial charge in [-0.25, -0.2) is 0 Å². The maximum atomic E-state index is 9.79. The lowest BCUT2D eigenvalue weighted by atomic mass is 9.99. The van der Waals surface area contributed by atoms with Crippen LogP contribution in [0.25, 0.3) is 0 Å². The first-order chi connectivity index (χ1) is 6.83. The van der Waals surface area contributed by atoms with Crippen LogP contribution in [-0.2, 0) is 6.42 Å². The van der Waals surface area contributed by atoms with Crippen LogP contribution in [0.15, 0.2) is 48.8 Å². The lowest BCUT2D eigenvalue weighted by molar-refractivity contribution is 0.366. The Morgan fingerprint density at radius 1 is 1.43 bits per heavy atom. The molecule has 1 nitrogen and oxygen atoms in total. The minimum Gasteiger partial charge on any atom is -0.512 e. The highest BCUT2D eigenvalue weighted by Gasteiger charge is 2.24. The first-order valence-electron chi connectivity index (χ1n) is 4.92. The first-order valence-corrected chi connectivity index (χ1v) is 4.92. The highest BCUT2D eigenvalue weighted by atomic mass is 16.3. The van der Waals surface area contributed by atoms with Crippen LogP contribution in [0.5, 0.6) is 0 Å². The summed E-state index contributed by atoms with van der Waals surface area (Å²) in [4.78, 5) is 0. The molecule has 1 aromatic rings. The van der Waals surface area contributed by atoms with E-state index >= 15 is 0 Å². The predicted molar refractivity (Wildman–Crippen MR) is 58.4 cm³/mol. The second-order valence-electron chi connectivity index (χ2n) is 3.62. The van der Waals surface area contributed by atoms with E-state index in [0.29, 0.717) is 5.76 Å². The number of allylic oxidation sites excluding steroid dienone is 3. The molecule has 0 bridgehead atoms. The molecule has 0 spiro atoms. The van der Waals surface area contributed by atoms with Gasteiger partial charge in [-0.2, -0.15) is 0 Å². The van der Waals surface area contributed by atoms with E-state index in [9.17, 15) is 5.11 Å². The number of benzene rings is 1. The molecule has 1 heteroatoms. The third-order valence-corrected chi connectivity index (χ3v) is 2.78. The van der Waals surface area contributed by atoms with Crippen LogP contribution in [0.3, 0.4) is 0 Å². The van der Waals surface area contributed by atoms with Crippen LogP contribution in [-0.4, -0.2) is 5.11 Å². The van der Waals surface area contributed by atoms with Gasteiger partial charge in [-0.3, -0.25) is 0 Å². The molecule has 0 heterocycles. The van der Waals surface area contributed by atoms with E-state index in [0.717, 1.165) is 12.8 Å². The Hall–Kier alpha value is -1.50.